The number of aryl methyl sites for hydroxylation is 1. The van der Waals surface area contributed by atoms with Crippen molar-refractivity contribution < 1.29 is 18.8 Å². The molecule has 0 aliphatic rings. The zero-order valence-corrected chi connectivity index (χ0v) is 25.5. The Labute approximate surface area is 239 Å². The van der Waals surface area contributed by atoms with Gasteiger partial charge in [-0.3, -0.25) is 0 Å². The molecule has 39 heavy (non-hydrogen) atoms. The van der Waals surface area contributed by atoms with Gasteiger partial charge in [0.25, 0.3) is 0 Å². The molecule has 1 atom stereocenters. The first-order chi connectivity index (χ1) is 18.9. The number of likely N-dealkylation sites (N-methyl/N-ethyl adjacent to an activating group) is 1. The lowest BCUT2D eigenvalue weighted by Crippen LogP contribution is -2.44. The summed E-state index contributed by atoms with van der Waals surface area (Å²) in [6, 6.07) is 18.7. The van der Waals surface area contributed by atoms with Crippen LogP contribution in [0.5, 0.6) is 5.75 Å². The average molecular weight is 539 g/mol. The number of ether oxygens (including phenoxy) is 2. The number of carbonyl (C=O) groups excluding carboxylic acids is 1. The summed E-state index contributed by atoms with van der Waals surface area (Å²) >= 11 is 0. The van der Waals surface area contributed by atoms with Crippen LogP contribution in [0.1, 0.15) is 108 Å². The van der Waals surface area contributed by atoms with E-state index in [-0.39, 0.29) is 18.7 Å². The second-order valence-corrected chi connectivity index (χ2v) is 11.9. The minimum atomic E-state index is -0.182. The highest BCUT2D eigenvalue weighted by molar-refractivity contribution is 5.70. The monoisotopic (exact) mass is 538 g/mol. The zero-order valence-electron chi connectivity index (χ0n) is 25.5. The molecule has 0 heterocycles. The minimum absolute atomic E-state index is 0.138. The van der Waals surface area contributed by atoms with Gasteiger partial charge in [-0.05, 0) is 37.0 Å². The van der Waals surface area contributed by atoms with Crippen molar-refractivity contribution in [2.45, 2.75) is 116 Å². The number of unbranched alkanes of at least 4 members (excludes halogenated alkanes) is 11. The summed E-state index contributed by atoms with van der Waals surface area (Å²) in [5, 5.41) is 0. The number of rotatable bonds is 22. The quantitative estimate of drug-likeness (QED) is 0.0853. The Bertz CT molecular complexity index is 896. The van der Waals surface area contributed by atoms with Gasteiger partial charge in [0.15, 0.2) is 6.54 Å². The van der Waals surface area contributed by atoms with E-state index < -0.39 is 0 Å². The lowest BCUT2D eigenvalue weighted by Gasteiger charge is -2.29. The maximum Gasteiger partial charge on any atom is 0.361 e. The molecule has 2 aromatic rings. The average Bonchev–Trinajstić information content (AvgIpc) is 2.92. The first kappa shape index (κ1) is 32.9. The standard InChI is InChI=1S/C35H56NO3/c1-5-7-8-9-10-11-12-13-14-15-16-18-22-31-25-21-26-34(27-31)39-33(6-2)30-38-35(37)29-36(3,4)28-32-23-19-17-20-24-32/h17,19-21,23-27,33H,5-16,18,22,28-30H2,1-4H3/q+1. The molecule has 0 aliphatic carbocycles. The van der Waals surface area contributed by atoms with Crippen molar-refractivity contribution in [1.29, 1.82) is 0 Å². The largest absolute Gasteiger partial charge is 0.487 e. The van der Waals surface area contributed by atoms with E-state index >= 15 is 0 Å². The molecule has 0 bridgehead atoms. The van der Waals surface area contributed by atoms with Crippen LogP contribution in [0.4, 0.5) is 0 Å². The molecule has 0 aromatic heterocycles. The van der Waals surface area contributed by atoms with Crippen LogP contribution in [-0.4, -0.2) is 43.8 Å². The van der Waals surface area contributed by atoms with Crippen LogP contribution in [0.3, 0.4) is 0 Å². The molecule has 4 heteroatoms. The fraction of sp³-hybridized carbons (Fsp3) is 0.629. The molecule has 4 nitrogen and oxygen atoms in total. The zero-order chi connectivity index (χ0) is 28.2. The second-order valence-electron chi connectivity index (χ2n) is 11.9. The Morgan fingerprint density at radius 1 is 0.744 bits per heavy atom. The Morgan fingerprint density at radius 2 is 1.33 bits per heavy atom. The minimum Gasteiger partial charge on any atom is -0.487 e. The number of benzene rings is 2. The van der Waals surface area contributed by atoms with E-state index in [0.29, 0.717) is 11.0 Å². The van der Waals surface area contributed by atoms with Crippen molar-refractivity contribution in [1.82, 2.24) is 0 Å². The molecule has 0 N–H and O–H groups in total. The van der Waals surface area contributed by atoms with Crippen molar-refractivity contribution in [3.8, 4) is 5.75 Å². The van der Waals surface area contributed by atoms with Crippen LogP contribution in [0.15, 0.2) is 54.6 Å². The Balaban J connectivity index is 1.62. The van der Waals surface area contributed by atoms with Crippen LogP contribution in [-0.2, 0) is 22.5 Å². The highest BCUT2D eigenvalue weighted by atomic mass is 16.6. The van der Waals surface area contributed by atoms with Gasteiger partial charge in [0.2, 0.25) is 0 Å². The van der Waals surface area contributed by atoms with Crippen LogP contribution < -0.4 is 4.74 Å². The first-order valence-corrected chi connectivity index (χ1v) is 15.7. The molecule has 0 aliphatic heterocycles. The highest BCUT2D eigenvalue weighted by Crippen LogP contribution is 2.19. The van der Waals surface area contributed by atoms with E-state index in [4.69, 9.17) is 9.47 Å². The molecule has 0 spiro atoms. The van der Waals surface area contributed by atoms with Crippen molar-refractivity contribution >= 4 is 5.97 Å². The van der Waals surface area contributed by atoms with E-state index in [1.807, 2.05) is 24.3 Å². The van der Waals surface area contributed by atoms with Crippen LogP contribution in [0.2, 0.25) is 0 Å². The molecular formula is C35H56NO3+. The summed E-state index contributed by atoms with van der Waals surface area (Å²) in [7, 11) is 4.12. The van der Waals surface area contributed by atoms with Gasteiger partial charge < -0.3 is 14.0 Å². The number of nitrogens with zero attached hydrogens (tertiary/aromatic N) is 1. The lowest BCUT2D eigenvalue weighted by molar-refractivity contribution is -0.896. The van der Waals surface area contributed by atoms with Gasteiger partial charge >= 0.3 is 5.97 Å². The van der Waals surface area contributed by atoms with Crippen molar-refractivity contribution in [3.05, 3.63) is 65.7 Å². The number of hydrogen-bond acceptors (Lipinski definition) is 3. The Kier molecular flexibility index (Phi) is 16.6. The van der Waals surface area contributed by atoms with Gasteiger partial charge in [0, 0.05) is 5.56 Å². The fourth-order valence-corrected chi connectivity index (χ4v) is 5.09. The third-order valence-electron chi connectivity index (χ3n) is 7.42. The summed E-state index contributed by atoms with van der Waals surface area (Å²) in [6.45, 7) is 5.76. The molecule has 0 amide bonds. The molecule has 2 aromatic carbocycles. The maximum atomic E-state index is 12.6. The predicted octanol–water partition coefficient (Wildman–Crippen LogP) is 8.91. The van der Waals surface area contributed by atoms with Gasteiger partial charge in [0.05, 0.1) is 14.1 Å². The molecule has 0 fully saturated rings. The Hall–Kier alpha value is -2.33. The van der Waals surface area contributed by atoms with E-state index in [1.54, 1.807) is 0 Å². The summed E-state index contributed by atoms with van der Waals surface area (Å²) in [6.07, 6.45) is 18.2. The molecular weight excluding hydrogens is 482 g/mol. The van der Waals surface area contributed by atoms with E-state index in [0.717, 1.165) is 25.1 Å². The summed E-state index contributed by atoms with van der Waals surface area (Å²) in [4.78, 5) is 12.6. The van der Waals surface area contributed by atoms with Gasteiger partial charge in [-0.1, -0.05) is 127 Å². The number of carbonyl (C=O) groups is 1. The predicted molar refractivity (Wildman–Crippen MR) is 164 cm³/mol. The van der Waals surface area contributed by atoms with Gasteiger partial charge in [-0.15, -0.1) is 0 Å². The molecule has 2 rings (SSSR count). The molecule has 0 radical (unpaired) electrons. The highest BCUT2D eigenvalue weighted by Gasteiger charge is 2.23. The van der Waals surface area contributed by atoms with Crippen LogP contribution >= 0.6 is 0 Å². The summed E-state index contributed by atoms with van der Waals surface area (Å²) in [5.41, 5.74) is 2.54. The molecule has 0 saturated heterocycles. The van der Waals surface area contributed by atoms with Crippen molar-refractivity contribution in [2.75, 3.05) is 27.2 Å². The van der Waals surface area contributed by atoms with Crippen molar-refractivity contribution in [3.63, 3.8) is 0 Å². The SMILES string of the molecule is CCCCCCCCCCCCCCc1cccc(OC(CC)COC(=O)C[N+](C)(C)Cc2ccccc2)c1. The number of hydrogen-bond donors (Lipinski definition) is 0. The number of quaternary nitrogens is 1. The smallest absolute Gasteiger partial charge is 0.361 e. The van der Waals surface area contributed by atoms with Gasteiger partial charge in [0.1, 0.15) is 25.0 Å². The van der Waals surface area contributed by atoms with Crippen LogP contribution in [0.25, 0.3) is 0 Å². The fourth-order valence-electron chi connectivity index (χ4n) is 5.09. The van der Waals surface area contributed by atoms with E-state index in [9.17, 15) is 4.79 Å². The third-order valence-corrected chi connectivity index (χ3v) is 7.42. The maximum absolute atomic E-state index is 12.6. The van der Waals surface area contributed by atoms with E-state index in [2.05, 4.69) is 58.3 Å². The lowest BCUT2D eigenvalue weighted by atomic mass is 10.0. The second kappa shape index (κ2) is 19.7. The summed E-state index contributed by atoms with van der Waals surface area (Å²) < 4.78 is 12.4. The topological polar surface area (TPSA) is 35.5 Å². The third kappa shape index (κ3) is 15.8. The molecule has 218 valence electrons. The number of esters is 1. The van der Waals surface area contributed by atoms with Crippen molar-refractivity contribution in [2.24, 2.45) is 0 Å². The Morgan fingerprint density at radius 3 is 1.95 bits per heavy atom. The van der Waals surface area contributed by atoms with Gasteiger partial charge in [-0.2, -0.15) is 0 Å². The van der Waals surface area contributed by atoms with Gasteiger partial charge in [-0.25, -0.2) is 4.79 Å². The first-order valence-electron chi connectivity index (χ1n) is 15.7. The van der Waals surface area contributed by atoms with E-state index in [1.165, 1.54) is 88.2 Å². The molecule has 1 unspecified atom stereocenters. The molecule has 0 saturated carbocycles. The van der Waals surface area contributed by atoms with Crippen LogP contribution in [0, 0.1) is 0 Å². The summed E-state index contributed by atoms with van der Waals surface area (Å²) in [5.74, 6) is 0.688. The normalized spacial score (nSPS) is 12.3.